The van der Waals surface area contributed by atoms with Gasteiger partial charge in [-0.25, -0.2) is 4.98 Å². The summed E-state index contributed by atoms with van der Waals surface area (Å²) in [5.74, 6) is -0.932. The maximum absolute atomic E-state index is 13.1. The lowest BCUT2D eigenvalue weighted by Crippen LogP contribution is -2.31. The number of nitrogens with zero attached hydrogens (tertiary/aromatic N) is 3. The van der Waals surface area contributed by atoms with Crippen LogP contribution in [0.25, 0.3) is 5.76 Å². The molecule has 1 saturated heterocycles. The third-order valence-corrected chi connectivity index (χ3v) is 5.81. The molecule has 1 aliphatic rings. The van der Waals surface area contributed by atoms with Crippen molar-refractivity contribution in [1.29, 1.82) is 0 Å². The number of halogens is 1. The number of hydrogen-bond acceptors (Lipinski definition) is 5. The Kier molecular flexibility index (Phi) is 7.03. The molecule has 0 radical (unpaired) electrons. The van der Waals surface area contributed by atoms with Gasteiger partial charge in [0.1, 0.15) is 11.5 Å². The fraction of sp³-hybridized carbons (Fsp3) is 0.269. The summed E-state index contributed by atoms with van der Waals surface area (Å²) in [5, 5.41) is 11.7. The van der Waals surface area contributed by atoms with E-state index in [9.17, 15) is 14.7 Å². The van der Waals surface area contributed by atoms with Crippen molar-refractivity contribution in [3.8, 4) is 5.75 Å². The van der Waals surface area contributed by atoms with Crippen LogP contribution in [0.2, 0.25) is 5.02 Å². The fourth-order valence-corrected chi connectivity index (χ4v) is 4.29. The van der Waals surface area contributed by atoms with Crippen LogP contribution in [0.1, 0.15) is 37.4 Å². The molecule has 1 atom stereocenters. The highest BCUT2D eigenvalue weighted by atomic mass is 35.5. The maximum Gasteiger partial charge on any atom is 0.295 e. The molecule has 3 aromatic rings. The summed E-state index contributed by atoms with van der Waals surface area (Å²) >= 11 is 6.23. The molecule has 0 aliphatic carbocycles. The zero-order valence-corrected chi connectivity index (χ0v) is 19.8. The van der Waals surface area contributed by atoms with Crippen LogP contribution < -0.4 is 4.74 Å². The predicted molar refractivity (Wildman–Crippen MR) is 130 cm³/mol. The molecule has 1 amide bonds. The lowest BCUT2D eigenvalue weighted by atomic mass is 9.95. The minimum Gasteiger partial charge on any atom is -0.507 e. The van der Waals surface area contributed by atoms with Crippen molar-refractivity contribution in [1.82, 2.24) is 14.5 Å². The van der Waals surface area contributed by atoms with E-state index in [-0.39, 0.29) is 17.4 Å². The van der Waals surface area contributed by atoms with E-state index in [1.165, 1.54) is 4.90 Å². The zero-order chi connectivity index (χ0) is 24.2. The molecule has 1 fully saturated rings. The minimum atomic E-state index is -0.743. The molecule has 2 heterocycles. The molecule has 176 valence electrons. The van der Waals surface area contributed by atoms with Crippen LogP contribution in [-0.4, -0.2) is 43.9 Å². The first-order valence-corrected chi connectivity index (χ1v) is 11.5. The molecular weight excluding hydrogens is 454 g/mol. The van der Waals surface area contributed by atoms with E-state index >= 15 is 0 Å². The van der Waals surface area contributed by atoms with E-state index in [0.717, 1.165) is 0 Å². The summed E-state index contributed by atoms with van der Waals surface area (Å²) in [6.07, 6.45) is 5.86. The van der Waals surface area contributed by atoms with E-state index in [0.29, 0.717) is 41.4 Å². The van der Waals surface area contributed by atoms with Gasteiger partial charge in [0.2, 0.25) is 0 Å². The summed E-state index contributed by atoms with van der Waals surface area (Å²) in [4.78, 5) is 31.7. The van der Waals surface area contributed by atoms with Crippen molar-refractivity contribution < 1.29 is 19.4 Å². The van der Waals surface area contributed by atoms with Gasteiger partial charge in [-0.1, -0.05) is 23.7 Å². The van der Waals surface area contributed by atoms with Gasteiger partial charge in [-0.2, -0.15) is 0 Å². The predicted octanol–water partition coefficient (Wildman–Crippen LogP) is 4.84. The number of carbonyl (C=O) groups is 2. The lowest BCUT2D eigenvalue weighted by Gasteiger charge is -2.25. The number of carbonyl (C=O) groups excluding carboxylic acids is 2. The van der Waals surface area contributed by atoms with Crippen LogP contribution in [0.3, 0.4) is 0 Å². The number of benzene rings is 2. The Morgan fingerprint density at radius 3 is 2.56 bits per heavy atom. The largest absolute Gasteiger partial charge is 0.507 e. The molecule has 1 aromatic heterocycles. The zero-order valence-electron chi connectivity index (χ0n) is 19.0. The van der Waals surface area contributed by atoms with Gasteiger partial charge in [-0.3, -0.25) is 9.59 Å². The Balaban J connectivity index is 1.70. The highest BCUT2D eigenvalue weighted by Gasteiger charge is 2.45. The molecule has 1 N–H and O–H groups in total. The van der Waals surface area contributed by atoms with E-state index in [1.807, 2.05) is 24.6 Å². The third kappa shape index (κ3) is 4.99. The van der Waals surface area contributed by atoms with Gasteiger partial charge in [-0.05, 0) is 62.2 Å². The maximum atomic E-state index is 13.1. The molecule has 1 aliphatic heterocycles. The van der Waals surface area contributed by atoms with Gasteiger partial charge in [0, 0.05) is 36.1 Å². The molecule has 4 rings (SSSR count). The van der Waals surface area contributed by atoms with Crippen molar-refractivity contribution >= 4 is 29.1 Å². The van der Waals surface area contributed by atoms with Gasteiger partial charge in [0.25, 0.3) is 11.7 Å². The van der Waals surface area contributed by atoms with Crippen LogP contribution >= 0.6 is 11.6 Å². The summed E-state index contributed by atoms with van der Waals surface area (Å²) in [6, 6.07) is 13.1. The number of ketones is 1. The normalized spacial score (nSPS) is 17.5. The number of amides is 1. The second-order valence-corrected chi connectivity index (χ2v) is 8.83. The van der Waals surface area contributed by atoms with Gasteiger partial charge in [0.15, 0.2) is 0 Å². The topological polar surface area (TPSA) is 84.7 Å². The molecule has 7 nitrogen and oxygen atoms in total. The molecular formula is C26H26ClN3O4. The number of hydrogen-bond donors (Lipinski definition) is 1. The first-order valence-electron chi connectivity index (χ1n) is 11.1. The number of rotatable bonds is 8. The number of aliphatic hydroxyl groups is 1. The molecule has 34 heavy (non-hydrogen) atoms. The van der Waals surface area contributed by atoms with Crippen LogP contribution in [0.5, 0.6) is 5.75 Å². The van der Waals surface area contributed by atoms with Crippen LogP contribution in [0.15, 0.2) is 72.8 Å². The SMILES string of the molecule is CC(C)Oc1ccc(/C(O)=C2\C(=O)C(=O)N(CCCn3ccnc3)[C@H]2c2cccc(Cl)c2)cc1. The van der Waals surface area contributed by atoms with E-state index in [2.05, 4.69) is 4.98 Å². The quantitative estimate of drug-likeness (QED) is 0.284. The average Bonchev–Trinajstić information content (AvgIpc) is 3.41. The van der Waals surface area contributed by atoms with E-state index in [4.69, 9.17) is 16.3 Å². The second kappa shape index (κ2) is 10.1. The van der Waals surface area contributed by atoms with Crippen molar-refractivity contribution in [2.75, 3.05) is 6.54 Å². The molecule has 0 spiro atoms. The first kappa shape index (κ1) is 23.6. The molecule has 2 aromatic carbocycles. The Bertz CT molecular complexity index is 1200. The Hall–Kier alpha value is -3.58. The van der Waals surface area contributed by atoms with E-state index in [1.54, 1.807) is 61.1 Å². The van der Waals surface area contributed by atoms with Crippen molar-refractivity contribution in [3.05, 3.63) is 89.0 Å². The number of Topliss-reactive ketones (excluding diaryl/α,β-unsaturated/α-hetero) is 1. The Labute approximate surface area is 203 Å². The third-order valence-electron chi connectivity index (χ3n) is 5.58. The summed E-state index contributed by atoms with van der Waals surface area (Å²) in [5.41, 5.74) is 1.14. The van der Waals surface area contributed by atoms with Gasteiger partial charge >= 0.3 is 0 Å². The van der Waals surface area contributed by atoms with Gasteiger partial charge in [-0.15, -0.1) is 0 Å². The van der Waals surface area contributed by atoms with Crippen molar-refractivity contribution in [2.45, 2.75) is 39.0 Å². The summed E-state index contributed by atoms with van der Waals surface area (Å²) in [6.45, 7) is 4.82. The molecule has 0 bridgehead atoms. The standard InChI is InChI=1S/C26H26ClN3O4/c1-17(2)34-21-9-7-18(8-10-21)24(31)22-23(19-5-3-6-20(27)15-19)30(26(33)25(22)32)13-4-12-29-14-11-28-16-29/h3,5-11,14-17,23,31H,4,12-13H2,1-2H3/b24-22+/t23-/m0/s1. The van der Waals surface area contributed by atoms with Crippen molar-refractivity contribution in [2.24, 2.45) is 0 Å². The monoisotopic (exact) mass is 479 g/mol. The number of aromatic nitrogens is 2. The number of aliphatic hydroxyl groups excluding tert-OH is 1. The highest BCUT2D eigenvalue weighted by Crippen LogP contribution is 2.40. The van der Waals surface area contributed by atoms with Crippen LogP contribution in [-0.2, 0) is 16.1 Å². The Morgan fingerprint density at radius 1 is 1.15 bits per heavy atom. The fourth-order valence-electron chi connectivity index (χ4n) is 4.10. The van der Waals surface area contributed by atoms with Gasteiger partial charge in [0.05, 0.1) is 24.0 Å². The molecule has 0 saturated carbocycles. The molecule has 0 unspecified atom stereocenters. The molecule has 8 heteroatoms. The summed E-state index contributed by atoms with van der Waals surface area (Å²) in [7, 11) is 0. The van der Waals surface area contributed by atoms with Crippen molar-refractivity contribution in [3.63, 3.8) is 0 Å². The van der Waals surface area contributed by atoms with Crippen LogP contribution in [0.4, 0.5) is 0 Å². The first-order chi connectivity index (χ1) is 16.3. The number of aryl methyl sites for hydroxylation is 1. The van der Waals surface area contributed by atoms with E-state index < -0.39 is 17.7 Å². The van der Waals surface area contributed by atoms with Gasteiger partial charge < -0.3 is 19.3 Å². The second-order valence-electron chi connectivity index (χ2n) is 8.39. The smallest absolute Gasteiger partial charge is 0.295 e. The lowest BCUT2D eigenvalue weighted by molar-refractivity contribution is -0.139. The Morgan fingerprint density at radius 2 is 1.91 bits per heavy atom. The average molecular weight is 480 g/mol. The highest BCUT2D eigenvalue weighted by molar-refractivity contribution is 6.46. The number of likely N-dealkylation sites (tertiary alicyclic amines) is 1. The minimum absolute atomic E-state index is 0.00919. The number of imidazole rings is 1. The number of ether oxygens (including phenoxy) is 1. The van der Waals surface area contributed by atoms with Crippen LogP contribution in [0, 0.1) is 0 Å². The summed E-state index contributed by atoms with van der Waals surface area (Å²) < 4.78 is 7.57.